The number of hydrogen-bond donors (Lipinski definition) is 1. The van der Waals surface area contributed by atoms with Gasteiger partial charge in [0, 0.05) is 13.6 Å². The molecule has 3 rings (SSSR count). The molecule has 1 aromatic heterocycles. The molecule has 0 saturated carbocycles. The Morgan fingerprint density at radius 3 is 2.71 bits per heavy atom. The van der Waals surface area contributed by atoms with E-state index >= 15 is 0 Å². The van der Waals surface area contributed by atoms with Crippen LogP contribution in [-0.2, 0) is 0 Å². The Hall–Kier alpha value is -1.88. The summed E-state index contributed by atoms with van der Waals surface area (Å²) in [5.74, 6) is 2.07. The number of para-hydroxylation sites is 2. The van der Waals surface area contributed by atoms with Gasteiger partial charge in [0.15, 0.2) is 5.82 Å². The van der Waals surface area contributed by atoms with E-state index in [1.807, 2.05) is 24.3 Å². The third-order valence-electron chi connectivity index (χ3n) is 4.01. The molecule has 2 heterocycles. The number of aromatic nitrogens is 2. The van der Waals surface area contributed by atoms with Gasteiger partial charge >= 0.3 is 0 Å². The molecule has 1 fully saturated rings. The maximum atomic E-state index is 5.43. The summed E-state index contributed by atoms with van der Waals surface area (Å²) in [6, 6.07) is 7.90. The lowest BCUT2D eigenvalue weighted by Crippen LogP contribution is -2.37. The van der Waals surface area contributed by atoms with Gasteiger partial charge in [-0.3, -0.25) is 0 Å². The highest BCUT2D eigenvalue weighted by Gasteiger charge is 2.19. The molecule has 21 heavy (non-hydrogen) atoms. The van der Waals surface area contributed by atoms with E-state index < -0.39 is 0 Å². The van der Waals surface area contributed by atoms with Crippen molar-refractivity contribution < 1.29 is 4.74 Å². The van der Waals surface area contributed by atoms with E-state index in [9.17, 15) is 0 Å². The molecule has 1 unspecified atom stereocenters. The first kappa shape index (κ1) is 14.1. The fraction of sp³-hybridized carbons (Fsp3) is 0.500. The van der Waals surface area contributed by atoms with Gasteiger partial charge in [0.1, 0.15) is 0 Å². The number of nitrogens with zero attached hydrogens (tertiary/aromatic N) is 3. The van der Waals surface area contributed by atoms with Crippen molar-refractivity contribution in [1.82, 2.24) is 15.3 Å². The minimum atomic E-state index is 0.597. The molecule has 0 bridgehead atoms. The first-order valence-electron chi connectivity index (χ1n) is 7.50. The Balaban J connectivity index is 1.86. The van der Waals surface area contributed by atoms with Gasteiger partial charge in [0.2, 0.25) is 0 Å². The minimum Gasteiger partial charge on any atom is -0.478 e. The summed E-state index contributed by atoms with van der Waals surface area (Å²) in [6.45, 7) is 3.18. The van der Waals surface area contributed by atoms with Gasteiger partial charge in [0.25, 0.3) is 5.88 Å². The molecule has 0 spiro atoms. The molecule has 1 aliphatic rings. The van der Waals surface area contributed by atoms with E-state index in [-0.39, 0.29) is 0 Å². The van der Waals surface area contributed by atoms with Crippen molar-refractivity contribution in [1.29, 1.82) is 0 Å². The summed E-state index contributed by atoms with van der Waals surface area (Å²) in [5.41, 5.74) is 1.77. The van der Waals surface area contributed by atoms with Crippen molar-refractivity contribution in [2.45, 2.75) is 12.8 Å². The van der Waals surface area contributed by atoms with Crippen LogP contribution in [0.15, 0.2) is 24.3 Å². The normalized spacial score (nSPS) is 18.7. The molecule has 112 valence electrons. The van der Waals surface area contributed by atoms with E-state index in [4.69, 9.17) is 9.72 Å². The third kappa shape index (κ3) is 3.08. The summed E-state index contributed by atoms with van der Waals surface area (Å²) >= 11 is 0. The number of rotatable bonds is 4. The largest absolute Gasteiger partial charge is 0.478 e. The zero-order chi connectivity index (χ0) is 14.7. The van der Waals surface area contributed by atoms with Crippen LogP contribution in [0.5, 0.6) is 5.88 Å². The molecule has 0 aliphatic carbocycles. The molecule has 2 aromatic rings. The van der Waals surface area contributed by atoms with Crippen molar-refractivity contribution >= 4 is 16.9 Å². The number of hydrogen-bond acceptors (Lipinski definition) is 5. The van der Waals surface area contributed by atoms with Crippen molar-refractivity contribution in [3.63, 3.8) is 0 Å². The summed E-state index contributed by atoms with van der Waals surface area (Å²) in [5, 5.41) is 3.46. The minimum absolute atomic E-state index is 0.597. The zero-order valence-electron chi connectivity index (χ0n) is 12.7. The standard InChI is InChI=1S/C16H22N4O/c1-20(11-12-6-5-9-17-10-12)15-16(21-2)19-14-8-4-3-7-13(14)18-15/h3-4,7-8,12,17H,5-6,9-11H2,1-2H3. The SMILES string of the molecule is COc1nc2ccccc2nc1N(C)CC1CCCNC1. The van der Waals surface area contributed by atoms with Crippen LogP contribution >= 0.6 is 0 Å². The highest BCUT2D eigenvalue weighted by atomic mass is 16.5. The molecule has 1 atom stereocenters. The monoisotopic (exact) mass is 286 g/mol. The van der Waals surface area contributed by atoms with Crippen LogP contribution in [-0.4, -0.2) is 43.8 Å². The van der Waals surface area contributed by atoms with E-state index in [0.717, 1.165) is 36.5 Å². The Labute approximate surface area is 125 Å². The Bertz CT molecular complexity index is 610. The third-order valence-corrected chi connectivity index (χ3v) is 4.01. The topological polar surface area (TPSA) is 50.3 Å². The summed E-state index contributed by atoms with van der Waals surface area (Å²) in [4.78, 5) is 11.5. The second-order valence-electron chi connectivity index (χ2n) is 5.64. The second kappa shape index (κ2) is 6.26. The number of ether oxygens (including phenoxy) is 1. The predicted molar refractivity (Wildman–Crippen MR) is 85.0 cm³/mol. The fourth-order valence-corrected chi connectivity index (χ4v) is 2.91. The lowest BCUT2D eigenvalue weighted by molar-refractivity contribution is 0.374. The van der Waals surface area contributed by atoms with Crippen molar-refractivity contribution in [3.05, 3.63) is 24.3 Å². The van der Waals surface area contributed by atoms with Crippen LogP contribution in [0.3, 0.4) is 0 Å². The van der Waals surface area contributed by atoms with E-state index in [1.54, 1.807) is 7.11 Å². The van der Waals surface area contributed by atoms with Gasteiger partial charge in [-0.1, -0.05) is 12.1 Å². The molecule has 1 N–H and O–H groups in total. The van der Waals surface area contributed by atoms with Gasteiger partial charge < -0.3 is 15.0 Å². The molecule has 5 heteroatoms. The molecule has 1 aliphatic heterocycles. The maximum Gasteiger partial charge on any atom is 0.257 e. The van der Waals surface area contributed by atoms with Crippen molar-refractivity contribution in [2.75, 3.05) is 38.7 Å². The number of piperidine rings is 1. The van der Waals surface area contributed by atoms with Crippen molar-refractivity contribution in [2.24, 2.45) is 5.92 Å². The van der Waals surface area contributed by atoms with E-state index in [2.05, 4.69) is 22.2 Å². The smallest absolute Gasteiger partial charge is 0.257 e. The second-order valence-corrected chi connectivity index (χ2v) is 5.64. The maximum absolute atomic E-state index is 5.43. The number of anilines is 1. The van der Waals surface area contributed by atoms with Crippen LogP contribution in [0.2, 0.25) is 0 Å². The first-order valence-corrected chi connectivity index (χ1v) is 7.50. The summed E-state index contributed by atoms with van der Waals surface area (Å²) in [7, 11) is 3.72. The first-order chi connectivity index (χ1) is 10.3. The molecule has 0 radical (unpaired) electrons. The van der Waals surface area contributed by atoms with Crippen LogP contribution in [0.4, 0.5) is 5.82 Å². The number of benzene rings is 1. The number of nitrogens with one attached hydrogen (secondary N) is 1. The number of methoxy groups -OCH3 is 1. The highest BCUT2D eigenvalue weighted by Crippen LogP contribution is 2.27. The quantitative estimate of drug-likeness (QED) is 0.932. The molecule has 1 aromatic carbocycles. The average Bonchev–Trinajstić information content (AvgIpc) is 2.54. The Morgan fingerprint density at radius 1 is 1.29 bits per heavy atom. The highest BCUT2D eigenvalue weighted by molar-refractivity contribution is 5.77. The molecule has 1 saturated heterocycles. The van der Waals surface area contributed by atoms with Crippen LogP contribution in [0, 0.1) is 5.92 Å². The van der Waals surface area contributed by atoms with Crippen LogP contribution in [0.25, 0.3) is 11.0 Å². The Morgan fingerprint density at radius 2 is 2.05 bits per heavy atom. The van der Waals surface area contributed by atoms with Gasteiger partial charge in [-0.25, -0.2) is 9.97 Å². The van der Waals surface area contributed by atoms with Gasteiger partial charge in [0.05, 0.1) is 18.1 Å². The van der Waals surface area contributed by atoms with Gasteiger partial charge in [-0.05, 0) is 44.0 Å². The van der Waals surface area contributed by atoms with Gasteiger partial charge in [-0.2, -0.15) is 0 Å². The van der Waals surface area contributed by atoms with E-state index in [1.165, 1.54) is 12.8 Å². The van der Waals surface area contributed by atoms with Crippen LogP contribution in [0.1, 0.15) is 12.8 Å². The fourth-order valence-electron chi connectivity index (χ4n) is 2.91. The van der Waals surface area contributed by atoms with Gasteiger partial charge in [-0.15, -0.1) is 0 Å². The molecule has 0 amide bonds. The zero-order valence-corrected chi connectivity index (χ0v) is 12.7. The lowest BCUT2D eigenvalue weighted by atomic mass is 9.99. The molecular weight excluding hydrogens is 264 g/mol. The molecule has 5 nitrogen and oxygen atoms in total. The summed E-state index contributed by atoms with van der Waals surface area (Å²) in [6.07, 6.45) is 2.51. The lowest BCUT2D eigenvalue weighted by Gasteiger charge is -2.28. The van der Waals surface area contributed by atoms with Crippen molar-refractivity contribution in [3.8, 4) is 5.88 Å². The number of fused-ring (bicyclic) bond motifs is 1. The van der Waals surface area contributed by atoms with E-state index in [0.29, 0.717) is 11.8 Å². The van der Waals surface area contributed by atoms with Crippen LogP contribution < -0.4 is 15.0 Å². The Kier molecular flexibility index (Phi) is 4.20. The molecular formula is C16H22N4O. The predicted octanol–water partition coefficient (Wildman–Crippen LogP) is 2.07. The summed E-state index contributed by atoms with van der Waals surface area (Å²) < 4.78 is 5.43. The average molecular weight is 286 g/mol.